The summed E-state index contributed by atoms with van der Waals surface area (Å²) in [5, 5.41) is 1.20. The van der Waals surface area contributed by atoms with Crippen molar-refractivity contribution in [2.24, 2.45) is 5.92 Å². The Kier molecular flexibility index (Phi) is 3.91. The van der Waals surface area contributed by atoms with Crippen molar-refractivity contribution in [2.45, 2.75) is 33.1 Å². The fraction of sp³-hybridized carbons (Fsp3) is 0.500. The average Bonchev–Trinajstić information content (AvgIpc) is 3.27. The standard InChI is InChI=1S/C20H25N3O/c1-14-15(2)21-18-8-4-3-7-17(18)19(14)23-12-9-16(13-23)20(24)22-10-5-6-11-22/h3-4,7-8,16H,5-6,9-13H2,1-2H3/t16-/m0/s1. The molecule has 1 aromatic carbocycles. The highest BCUT2D eigenvalue weighted by Crippen LogP contribution is 2.35. The van der Waals surface area contributed by atoms with Crippen LogP contribution in [0.25, 0.3) is 10.9 Å². The molecule has 24 heavy (non-hydrogen) atoms. The van der Waals surface area contributed by atoms with Gasteiger partial charge in [0.25, 0.3) is 0 Å². The number of hydrogen-bond donors (Lipinski definition) is 0. The molecule has 0 aliphatic carbocycles. The van der Waals surface area contributed by atoms with Gasteiger partial charge in [0, 0.05) is 37.3 Å². The summed E-state index contributed by atoms with van der Waals surface area (Å²) in [5.41, 5.74) is 4.64. The van der Waals surface area contributed by atoms with Gasteiger partial charge in [-0.1, -0.05) is 18.2 Å². The van der Waals surface area contributed by atoms with E-state index in [0.717, 1.165) is 56.7 Å². The number of carbonyl (C=O) groups excluding carboxylic acids is 1. The highest BCUT2D eigenvalue weighted by Gasteiger charge is 2.33. The number of aromatic nitrogens is 1. The van der Waals surface area contributed by atoms with Crippen molar-refractivity contribution in [3.05, 3.63) is 35.5 Å². The number of para-hydroxylation sites is 1. The summed E-state index contributed by atoms with van der Waals surface area (Å²) in [4.78, 5) is 21.9. The topological polar surface area (TPSA) is 36.4 Å². The molecule has 2 saturated heterocycles. The maximum atomic E-state index is 12.7. The Hall–Kier alpha value is -2.10. The molecule has 0 radical (unpaired) electrons. The van der Waals surface area contributed by atoms with Crippen LogP contribution in [0.15, 0.2) is 24.3 Å². The Labute approximate surface area is 143 Å². The molecule has 4 rings (SSSR count). The van der Waals surface area contributed by atoms with Gasteiger partial charge in [0.1, 0.15) is 0 Å². The molecule has 0 spiro atoms. The molecule has 126 valence electrons. The number of anilines is 1. The van der Waals surface area contributed by atoms with Crippen molar-refractivity contribution in [3.8, 4) is 0 Å². The van der Waals surface area contributed by atoms with Crippen LogP contribution in [0, 0.1) is 19.8 Å². The molecule has 2 fully saturated rings. The predicted octanol–water partition coefficient (Wildman–Crippen LogP) is 3.30. The minimum atomic E-state index is 0.148. The molecule has 2 aliphatic heterocycles. The second kappa shape index (κ2) is 6.08. The number of fused-ring (bicyclic) bond motifs is 1. The lowest BCUT2D eigenvalue weighted by Gasteiger charge is -2.25. The number of benzene rings is 1. The Morgan fingerprint density at radius 1 is 1.12 bits per heavy atom. The summed E-state index contributed by atoms with van der Waals surface area (Å²) in [7, 11) is 0. The van der Waals surface area contributed by atoms with Crippen molar-refractivity contribution in [2.75, 3.05) is 31.1 Å². The van der Waals surface area contributed by atoms with Crippen LogP contribution in [-0.4, -0.2) is 42.0 Å². The van der Waals surface area contributed by atoms with Gasteiger partial charge in [-0.05, 0) is 44.7 Å². The number of likely N-dealkylation sites (tertiary alicyclic amines) is 1. The molecule has 4 nitrogen and oxygen atoms in total. The van der Waals surface area contributed by atoms with Crippen LogP contribution in [0.4, 0.5) is 5.69 Å². The number of hydrogen-bond acceptors (Lipinski definition) is 3. The molecule has 1 atom stereocenters. The number of amides is 1. The minimum absolute atomic E-state index is 0.148. The first-order chi connectivity index (χ1) is 11.6. The van der Waals surface area contributed by atoms with Gasteiger partial charge < -0.3 is 9.80 Å². The predicted molar refractivity (Wildman–Crippen MR) is 97.4 cm³/mol. The van der Waals surface area contributed by atoms with Crippen LogP contribution in [0.2, 0.25) is 0 Å². The molecule has 0 N–H and O–H groups in total. The molecule has 1 aromatic heterocycles. The van der Waals surface area contributed by atoms with Gasteiger partial charge in [0.15, 0.2) is 0 Å². The summed E-state index contributed by atoms with van der Waals surface area (Å²) in [6.45, 7) is 7.92. The Morgan fingerprint density at radius 2 is 1.88 bits per heavy atom. The molecule has 0 bridgehead atoms. The van der Waals surface area contributed by atoms with E-state index in [1.165, 1.54) is 16.6 Å². The lowest BCUT2D eigenvalue weighted by molar-refractivity contribution is -0.133. The zero-order valence-electron chi connectivity index (χ0n) is 14.6. The van der Waals surface area contributed by atoms with Gasteiger partial charge in [0.05, 0.1) is 17.1 Å². The normalized spacial score (nSPS) is 21.0. The zero-order valence-corrected chi connectivity index (χ0v) is 14.6. The molecule has 4 heteroatoms. The Bertz CT molecular complexity index is 780. The zero-order chi connectivity index (χ0) is 16.7. The van der Waals surface area contributed by atoms with E-state index < -0.39 is 0 Å². The van der Waals surface area contributed by atoms with E-state index in [-0.39, 0.29) is 5.92 Å². The van der Waals surface area contributed by atoms with Crippen molar-refractivity contribution in [1.82, 2.24) is 9.88 Å². The first-order valence-electron chi connectivity index (χ1n) is 9.05. The van der Waals surface area contributed by atoms with Gasteiger partial charge in [-0.2, -0.15) is 0 Å². The third kappa shape index (κ3) is 2.54. The molecular formula is C20H25N3O. The van der Waals surface area contributed by atoms with Crippen molar-refractivity contribution in [3.63, 3.8) is 0 Å². The third-order valence-electron chi connectivity index (χ3n) is 5.62. The maximum absolute atomic E-state index is 12.7. The lowest BCUT2D eigenvalue weighted by Crippen LogP contribution is -2.35. The summed E-state index contributed by atoms with van der Waals surface area (Å²) in [6.07, 6.45) is 3.29. The number of carbonyl (C=O) groups is 1. The fourth-order valence-corrected chi connectivity index (χ4v) is 4.18. The summed E-state index contributed by atoms with van der Waals surface area (Å²) >= 11 is 0. The second-order valence-corrected chi connectivity index (χ2v) is 7.15. The summed E-state index contributed by atoms with van der Waals surface area (Å²) in [5.74, 6) is 0.512. The lowest BCUT2D eigenvalue weighted by atomic mass is 10.1. The van der Waals surface area contributed by atoms with Crippen molar-refractivity contribution in [1.29, 1.82) is 0 Å². The van der Waals surface area contributed by atoms with Gasteiger partial charge in [-0.25, -0.2) is 0 Å². The van der Waals surface area contributed by atoms with Crippen LogP contribution < -0.4 is 4.90 Å². The molecule has 3 heterocycles. The quantitative estimate of drug-likeness (QED) is 0.851. The van der Waals surface area contributed by atoms with Crippen molar-refractivity contribution < 1.29 is 4.79 Å². The highest BCUT2D eigenvalue weighted by atomic mass is 16.2. The largest absolute Gasteiger partial charge is 0.370 e. The number of pyridine rings is 1. The second-order valence-electron chi connectivity index (χ2n) is 7.15. The Balaban J connectivity index is 1.64. The third-order valence-corrected chi connectivity index (χ3v) is 5.62. The van der Waals surface area contributed by atoms with Crippen LogP contribution in [0.5, 0.6) is 0 Å². The van der Waals surface area contributed by atoms with Gasteiger partial charge in [-0.15, -0.1) is 0 Å². The molecule has 2 aromatic rings. The van der Waals surface area contributed by atoms with Crippen molar-refractivity contribution >= 4 is 22.5 Å². The minimum Gasteiger partial charge on any atom is -0.370 e. The summed E-state index contributed by atoms with van der Waals surface area (Å²) in [6, 6.07) is 8.34. The van der Waals surface area contributed by atoms with E-state index in [0.29, 0.717) is 5.91 Å². The van der Waals surface area contributed by atoms with Crippen LogP contribution in [0.1, 0.15) is 30.5 Å². The van der Waals surface area contributed by atoms with Crippen LogP contribution >= 0.6 is 0 Å². The summed E-state index contributed by atoms with van der Waals surface area (Å²) < 4.78 is 0. The van der Waals surface area contributed by atoms with Crippen LogP contribution in [-0.2, 0) is 4.79 Å². The van der Waals surface area contributed by atoms with Gasteiger partial charge >= 0.3 is 0 Å². The molecule has 0 saturated carbocycles. The van der Waals surface area contributed by atoms with E-state index >= 15 is 0 Å². The Morgan fingerprint density at radius 3 is 2.67 bits per heavy atom. The van der Waals surface area contributed by atoms with Crippen LogP contribution in [0.3, 0.4) is 0 Å². The van der Waals surface area contributed by atoms with E-state index in [1.807, 2.05) is 6.07 Å². The molecule has 2 aliphatic rings. The molecular weight excluding hydrogens is 298 g/mol. The van der Waals surface area contributed by atoms with E-state index in [2.05, 4.69) is 41.8 Å². The number of aryl methyl sites for hydroxylation is 1. The number of nitrogens with zero attached hydrogens (tertiary/aromatic N) is 3. The molecule has 0 unspecified atom stereocenters. The fourth-order valence-electron chi connectivity index (χ4n) is 4.18. The van der Waals surface area contributed by atoms with E-state index in [1.54, 1.807) is 0 Å². The van der Waals surface area contributed by atoms with E-state index in [4.69, 9.17) is 4.98 Å². The maximum Gasteiger partial charge on any atom is 0.227 e. The smallest absolute Gasteiger partial charge is 0.227 e. The van der Waals surface area contributed by atoms with E-state index in [9.17, 15) is 4.79 Å². The molecule has 1 amide bonds. The average molecular weight is 323 g/mol. The van der Waals surface area contributed by atoms with Gasteiger partial charge in [0.2, 0.25) is 5.91 Å². The SMILES string of the molecule is Cc1nc2ccccc2c(N2CC[C@H](C(=O)N3CCCC3)C2)c1C. The number of rotatable bonds is 2. The first kappa shape index (κ1) is 15.4. The van der Waals surface area contributed by atoms with Gasteiger partial charge in [-0.3, -0.25) is 9.78 Å². The monoisotopic (exact) mass is 323 g/mol. The highest BCUT2D eigenvalue weighted by molar-refractivity contribution is 5.94. The first-order valence-corrected chi connectivity index (χ1v) is 9.05.